The number of hydrogen-bond acceptors (Lipinski definition) is 2. The maximum Gasteiger partial charge on any atom is 0.126 e. The zero-order valence-corrected chi connectivity index (χ0v) is 10.7. The van der Waals surface area contributed by atoms with Crippen LogP contribution in [0.1, 0.15) is 27.2 Å². The molecule has 17 heavy (non-hydrogen) atoms. The Hall–Kier alpha value is -1.09. The van der Waals surface area contributed by atoms with Gasteiger partial charge in [-0.3, -0.25) is 0 Å². The fourth-order valence-electron chi connectivity index (χ4n) is 2.38. The van der Waals surface area contributed by atoms with Gasteiger partial charge in [0.15, 0.2) is 0 Å². The standard InChI is InChI=1S/C14H20FNO/c1-4-16-12-9-13(14(12,2)3)17-11-7-5-6-10(15)8-11/h5-8,12-13,16H,4,9H2,1-3H3. The lowest BCUT2D eigenvalue weighted by Gasteiger charge is -2.51. The van der Waals surface area contributed by atoms with Crippen LogP contribution < -0.4 is 10.1 Å². The van der Waals surface area contributed by atoms with Crippen LogP contribution in [0.3, 0.4) is 0 Å². The van der Waals surface area contributed by atoms with Gasteiger partial charge in [-0.2, -0.15) is 0 Å². The van der Waals surface area contributed by atoms with Crippen LogP contribution in [0.4, 0.5) is 4.39 Å². The maximum atomic E-state index is 13.0. The minimum Gasteiger partial charge on any atom is -0.490 e. The van der Waals surface area contributed by atoms with Crippen LogP contribution in [0.5, 0.6) is 5.75 Å². The first-order chi connectivity index (χ1) is 8.04. The molecule has 1 saturated carbocycles. The summed E-state index contributed by atoms with van der Waals surface area (Å²) in [5, 5.41) is 3.45. The summed E-state index contributed by atoms with van der Waals surface area (Å²) in [6.45, 7) is 7.46. The first kappa shape index (κ1) is 12.4. The van der Waals surface area contributed by atoms with Crippen molar-refractivity contribution in [2.45, 2.75) is 39.3 Å². The van der Waals surface area contributed by atoms with Crippen LogP contribution >= 0.6 is 0 Å². The highest BCUT2D eigenvalue weighted by molar-refractivity contribution is 5.24. The van der Waals surface area contributed by atoms with E-state index in [1.165, 1.54) is 12.1 Å². The van der Waals surface area contributed by atoms with Crippen LogP contribution in [0.25, 0.3) is 0 Å². The molecule has 1 aliphatic carbocycles. The quantitative estimate of drug-likeness (QED) is 0.869. The molecule has 1 aromatic rings. The predicted molar refractivity (Wildman–Crippen MR) is 66.7 cm³/mol. The van der Waals surface area contributed by atoms with Gasteiger partial charge in [-0.25, -0.2) is 4.39 Å². The average Bonchev–Trinajstić information content (AvgIpc) is 2.28. The van der Waals surface area contributed by atoms with Gasteiger partial charge in [0.1, 0.15) is 17.7 Å². The zero-order chi connectivity index (χ0) is 12.5. The fraction of sp³-hybridized carbons (Fsp3) is 0.571. The monoisotopic (exact) mass is 237 g/mol. The second-order valence-corrected chi connectivity index (χ2v) is 5.23. The van der Waals surface area contributed by atoms with Crippen molar-refractivity contribution >= 4 is 0 Å². The molecule has 2 atom stereocenters. The lowest BCUT2D eigenvalue weighted by atomic mass is 9.64. The fourth-order valence-corrected chi connectivity index (χ4v) is 2.38. The summed E-state index contributed by atoms with van der Waals surface area (Å²) in [6.07, 6.45) is 1.14. The molecule has 94 valence electrons. The molecule has 0 spiro atoms. The van der Waals surface area contributed by atoms with Gasteiger partial charge in [0.25, 0.3) is 0 Å². The van der Waals surface area contributed by atoms with Gasteiger partial charge in [0.05, 0.1) is 0 Å². The third-order valence-corrected chi connectivity index (χ3v) is 3.70. The van der Waals surface area contributed by atoms with Crippen molar-refractivity contribution in [3.05, 3.63) is 30.1 Å². The van der Waals surface area contributed by atoms with E-state index in [0.29, 0.717) is 11.8 Å². The maximum absolute atomic E-state index is 13.0. The predicted octanol–water partition coefficient (Wildman–Crippen LogP) is 2.98. The molecule has 1 aliphatic rings. The number of halogens is 1. The first-order valence-corrected chi connectivity index (χ1v) is 6.19. The van der Waals surface area contributed by atoms with Crippen molar-refractivity contribution in [1.82, 2.24) is 5.32 Å². The highest BCUT2D eigenvalue weighted by Crippen LogP contribution is 2.43. The van der Waals surface area contributed by atoms with Crippen LogP contribution in [-0.4, -0.2) is 18.7 Å². The molecule has 3 heteroatoms. The smallest absolute Gasteiger partial charge is 0.126 e. The van der Waals surface area contributed by atoms with E-state index in [-0.39, 0.29) is 17.3 Å². The van der Waals surface area contributed by atoms with Crippen LogP contribution in [-0.2, 0) is 0 Å². The molecular formula is C14H20FNO. The van der Waals surface area contributed by atoms with Gasteiger partial charge in [-0.1, -0.05) is 26.8 Å². The molecule has 2 nitrogen and oxygen atoms in total. The van der Waals surface area contributed by atoms with Gasteiger partial charge < -0.3 is 10.1 Å². The van der Waals surface area contributed by atoms with Gasteiger partial charge in [0.2, 0.25) is 0 Å². The van der Waals surface area contributed by atoms with Gasteiger partial charge in [-0.15, -0.1) is 0 Å². The summed E-state index contributed by atoms with van der Waals surface area (Å²) in [6, 6.07) is 6.85. The van der Waals surface area contributed by atoms with Crippen molar-refractivity contribution < 1.29 is 9.13 Å². The molecule has 0 saturated heterocycles. The van der Waals surface area contributed by atoms with Gasteiger partial charge in [0, 0.05) is 23.9 Å². The highest BCUT2D eigenvalue weighted by atomic mass is 19.1. The van der Waals surface area contributed by atoms with Crippen molar-refractivity contribution in [1.29, 1.82) is 0 Å². The lowest BCUT2D eigenvalue weighted by molar-refractivity contribution is -0.0542. The van der Waals surface area contributed by atoms with Gasteiger partial charge >= 0.3 is 0 Å². The Bertz CT molecular complexity index is 392. The summed E-state index contributed by atoms with van der Waals surface area (Å²) in [5.41, 5.74) is 0.0995. The Morgan fingerprint density at radius 1 is 1.47 bits per heavy atom. The summed E-state index contributed by atoms with van der Waals surface area (Å²) in [5.74, 6) is 0.376. The number of benzene rings is 1. The summed E-state index contributed by atoms with van der Waals surface area (Å²) in [4.78, 5) is 0. The molecule has 1 fully saturated rings. The van der Waals surface area contributed by atoms with E-state index < -0.39 is 0 Å². The molecule has 0 aromatic heterocycles. The first-order valence-electron chi connectivity index (χ1n) is 6.19. The van der Waals surface area contributed by atoms with Crippen LogP contribution in [0.15, 0.2) is 24.3 Å². The number of ether oxygens (including phenoxy) is 1. The van der Waals surface area contributed by atoms with E-state index in [4.69, 9.17) is 4.74 Å². The second kappa shape index (κ2) is 4.65. The van der Waals surface area contributed by atoms with E-state index in [0.717, 1.165) is 13.0 Å². The van der Waals surface area contributed by atoms with E-state index in [2.05, 4.69) is 26.1 Å². The van der Waals surface area contributed by atoms with E-state index >= 15 is 0 Å². The lowest BCUT2D eigenvalue weighted by Crippen LogP contribution is -2.62. The van der Waals surface area contributed by atoms with E-state index in [1.54, 1.807) is 12.1 Å². The minimum atomic E-state index is -0.247. The Balaban J connectivity index is 1.98. The van der Waals surface area contributed by atoms with E-state index in [1.807, 2.05) is 0 Å². The molecule has 0 bridgehead atoms. The molecule has 2 rings (SSSR count). The Labute approximate surface area is 102 Å². The number of hydrogen-bond donors (Lipinski definition) is 1. The number of nitrogens with one attached hydrogen (secondary N) is 1. The molecule has 0 aliphatic heterocycles. The summed E-state index contributed by atoms with van der Waals surface area (Å²) >= 11 is 0. The molecule has 2 unspecified atom stereocenters. The molecule has 1 N–H and O–H groups in total. The second-order valence-electron chi connectivity index (χ2n) is 5.23. The highest BCUT2D eigenvalue weighted by Gasteiger charge is 2.49. The molecule has 1 aromatic carbocycles. The normalized spacial score (nSPS) is 26.4. The SMILES string of the molecule is CCNC1CC(Oc2cccc(F)c2)C1(C)C. The number of rotatable bonds is 4. The largest absolute Gasteiger partial charge is 0.490 e. The zero-order valence-electron chi connectivity index (χ0n) is 10.7. The molecular weight excluding hydrogens is 217 g/mol. The minimum absolute atomic E-state index is 0.0995. The van der Waals surface area contributed by atoms with Crippen molar-refractivity contribution in [3.8, 4) is 5.75 Å². The summed E-state index contributed by atoms with van der Waals surface area (Å²) in [7, 11) is 0. The third kappa shape index (κ3) is 2.44. The molecule has 0 amide bonds. The molecule has 0 heterocycles. The summed E-state index contributed by atoms with van der Waals surface area (Å²) < 4.78 is 18.9. The third-order valence-electron chi connectivity index (χ3n) is 3.70. The Kier molecular flexibility index (Phi) is 3.38. The Morgan fingerprint density at radius 3 is 2.82 bits per heavy atom. The van der Waals surface area contributed by atoms with Crippen LogP contribution in [0, 0.1) is 11.2 Å². The Morgan fingerprint density at radius 2 is 2.24 bits per heavy atom. The van der Waals surface area contributed by atoms with Crippen LogP contribution in [0.2, 0.25) is 0 Å². The topological polar surface area (TPSA) is 21.3 Å². The van der Waals surface area contributed by atoms with Crippen molar-refractivity contribution in [2.24, 2.45) is 5.41 Å². The molecule has 0 radical (unpaired) electrons. The van der Waals surface area contributed by atoms with Crippen molar-refractivity contribution in [3.63, 3.8) is 0 Å². The van der Waals surface area contributed by atoms with E-state index in [9.17, 15) is 4.39 Å². The van der Waals surface area contributed by atoms with Gasteiger partial charge in [-0.05, 0) is 18.7 Å². The average molecular weight is 237 g/mol. The van der Waals surface area contributed by atoms with Crippen molar-refractivity contribution in [2.75, 3.05) is 6.54 Å².